The minimum atomic E-state index is -1.03. The Balaban J connectivity index is 3.11. The molecule has 98 valence electrons. The van der Waals surface area contributed by atoms with Gasteiger partial charge in [0.2, 0.25) is 0 Å². The van der Waals surface area contributed by atoms with Crippen LogP contribution in [0.4, 0.5) is 0 Å². The van der Waals surface area contributed by atoms with E-state index in [-0.39, 0.29) is 6.04 Å². The van der Waals surface area contributed by atoms with Gasteiger partial charge in [0, 0.05) is 6.04 Å². The van der Waals surface area contributed by atoms with E-state index in [2.05, 4.69) is 5.10 Å². The molecule has 0 saturated carbocycles. The van der Waals surface area contributed by atoms with Gasteiger partial charge >= 0.3 is 0 Å². The monoisotopic (exact) mass is 260 g/mol. The van der Waals surface area contributed by atoms with E-state index >= 15 is 0 Å². The highest BCUT2D eigenvalue weighted by atomic mass is 35.5. The third-order valence-corrected chi connectivity index (χ3v) is 3.03. The summed E-state index contributed by atoms with van der Waals surface area (Å²) in [5, 5.41) is 24.8. The van der Waals surface area contributed by atoms with E-state index in [9.17, 15) is 10.2 Å². The molecule has 2 unspecified atom stereocenters. The van der Waals surface area contributed by atoms with E-state index in [1.807, 2.05) is 34.6 Å². The second-order valence-electron chi connectivity index (χ2n) is 5.67. The molecule has 0 fully saturated rings. The SMILES string of the molecule is CC(C)n1ncc(Cl)c1C(O)C(O)C(C)(C)C. The quantitative estimate of drug-likeness (QED) is 0.878. The Hall–Kier alpha value is -0.580. The maximum Gasteiger partial charge on any atom is 0.123 e. The van der Waals surface area contributed by atoms with Crippen molar-refractivity contribution in [3.63, 3.8) is 0 Å². The standard InChI is InChI=1S/C12H21ClN2O2/c1-7(2)15-9(8(13)6-14-15)10(16)11(17)12(3,4)5/h6-7,10-11,16-17H,1-5H3. The first-order valence-electron chi connectivity index (χ1n) is 5.75. The van der Waals surface area contributed by atoms with E-state index in [4.69, 9.17) is 11.6 Å². The van der Waals surface area contributed by atoms with E-state index in [1.165, 1.54) is 6.20 Å². The van der Waals surface area contributed by atoms with Crippen LogP contribution >= 0.6 is 11.6 Å². The van der Waals surface area contributed by atoms with Crippen LogP contribution < -0.4 is 0 Å². The van der Waals surface area contributed by atoms with Crippen molar-refractivity contribution in [1.82, 2.24) is 9.78 Å². The van der Waals surface area contributed by atoms with Gasteiger partial charge in [-0.05, 0) is 19.3 Å². The van der Waals surface area contributed by atoms with Gasteiger partial charge in [0.15, 0.2) is 0 Å². The van der Waals surface area contributed by atoms with Crippen molar-refractivity contribution in [1.29, 1.82) is 0 Å². The van der Waals surface area contributed by atoms with Crippen molar-refractivity contribution in [2.75, 3.05) is 0 Å². The second-order valence-corrected chi connectivity index (χ2v) is 6.08. The predicted octanol–water partition coefficient (Wildman–Crippen LogP) is 2.56. The van der Waals surface area contributed by atoms with Gasteiger partial charge in [0.25, 0.3) is 0 Å². The molecule has 0 aliphatic rings. The highest BCUT2D eigenvalue weighted by Gasteiger charge is 2.33. The lowest BCUT2D eigenvalue weighted by Gasteiger charge is -2.30. The molecule has 0 aliphatic carbocycles. The number of aliphatic hydroxyl groups excluding tert-OH is 2. The van der Waals surface area contributed by atoms with Gasteiger partial charge in [-0.15, -0.1) is 0 Å². The van der Waals surface area contributed by atoms with E-state index < -0.39 is 17.6 Å². The molecule has 0 radical (unpaired) electrons. The third-order valence-electron chi connectivity index (χ3n) is 2.74. The van der Waals surface area contributed by atoms with Crippen LogP contribution in [0.5, 0.6) is 0 Å². The maximum atomic E-state index is 10.2. The van der Waals surface area contributed by atoms with Crippen molar-refractivity contribution < 1.29 is 10.2 Å². The van der Waals surface area contributed by atoms with Crippen LogP contribution in [0, 0.1) is 5.41 Å². The van der Waals surface area contributed by atoms with E-state index in [0.717, 1.165) is 0 Å². The first-order valence-corrected chi connectivity index (χ1v) is 6.13. The molecule has 0 saturated heterocycles. The second kappa shape index (κ2) is 4.96. The number of halogens is 1. The molecule has 2 atom stereocenters. The Morgan fingerprint density at radius 3 is 2.24 bits per heavy atom. The Labute approximate surface area is 107 Å². The largest absolute Gasteiger partial charge is 0.389 e. The number of hydrogen-bond acceptors (Lipinski definition) is 3. The molecule has 1 heterocycles. The zero-order chi connectivity index (χ0) is 13.4. The first-order chi connectivity index (χ1) is 7.66. The van der Waals surface area contributed by atoms with Crippen LogP contribution in [-0.2, 0) is 0 Å². The lowest BCUT2D eigenvalue weighted by molar-refractivity contribution is -0.0498. The molecule has 1 aromatic heterocycles. The molecule has 1 aromatic rings. The minimum absolute atomic E-state index is 0.0827. The van der Waals surface area contributed by atoms with Crippen molar-refractivity contribution in [2.24, 2.45) is 5.41 Å². The highest BCUT2D eigenvalue weighted by Crippen LogP contribution is 2.34. The van der Waals surface area contributed by atoms with Crippen LogP contribution in [0.1, 0.15) is 52.5 Å². The summed E-state index contributed by atoms with van der Waals surface area (Å²) in [4.78, 5) is 0. The summed E-state index contributed by atoms with van der Waals surface area (Å²) in [6.45, 7) is 9.49. The number of nitrogens with zero attached hydrogens (tertiary/aromatic N) is 2. The zero-order valence-electron chi connectivity index (χ0n) is 11.0. The summed E-state index contributed by atoms with van der Waals surface area (Å²) in [5.41, 5.74) is 0.0542. The summed E-state index contributed by atoms with van der Waals surface area (Å²) < 4.78 is 1.64. The fourth-order valence-corrected chi connectivity index (χ4v) is 1.90. The van der Waals surface area contributed by atoms with Gasteiger partial charge in [0.05, 0.1) is 23.0 Å². The van der Waals surface area contributed by atoms with Gasteiger partial charge in [-0.1, -0.05) is 32.4 Å². The Kier molecular flexibility index (Phi) is 4.23. The van der Waals surface area contributed by atoms with Crippen LogP contribution in [0.15, 0.2) is 6.20 Å². The maximum absolute atomic E-state index is 10.2. The molecule has 0 aromatic carbocycles. The van der Waals surface area contributed by atoms with Crippen molar-refractivity contribution >= 4 is 11.6 Å². The summed E-state index contributed by atoms with van der Waals surface area (Å²) in [6, 6.07) is 0.0827. The molecule has 2 N–H and O–H groups in total. The lowest BCUT2D eigenvalue weighted by atomic mass is 9.85. The molecule has 0 aliphatic heterocycles. The molecule has 1 rings (SSSR count). The van der Waals surface area contributed by atoms with Crippen molar-refractivity contribution in [3.8, 4) is 0 Å². The van der Waals surface area contributed by atoms with Crippen LogP contribution in [0.3, 0.4) is 0 Å². The molecule has 0 amide bonds. The first kappa shape index (κ1) is 14.5. The Bertz CT molecular complexity index is 382. The average Bonchev–Trinajstić information content (AvgIpc) is 2.56. The summed E-state index contributed by atoms with van der Waals surface area (Å²) in [6.07, 6.45) is -0.434. The number of rotatable bonds is 3. The third kappa shape index (κ3) is 3.00. The fourth-order valence-electron chi connectivity index (χ4n) is 1.66. The van der Waals surface area contributed by atoms with Gasteiger partial charge in [-0.3, -0.25) is 4.68 Å². The molecule has 17 heavy (non-hydrogen) atoms. The topological polar surface area (TPSA) is 58.3 Å². The van der Waals surface area contributed by atoms with E-state index in [0.29, 0.717) is 10.7 Å². The highest BCUT2D eigenvalue weighted by molar-refractivity contribution is 6.31. The summed E-state index contributed by atoms with van der Waals surface area (Å²) >= 11 is 6.02. The normalized spacial score (nSPS) is 16.3. The van der Waals surface area contributed by atoms with Crippen molar-refractivity contribution in [3.05, 3.63) is 16.9 Å². The van der Waals surface area contributed by atoms with Gasteiger partial charge in [-0.25, -0.2) is 0 Å². The molecule has 0 bridgehead atoms. The van der Waals surface area contributed by atoms with Crippen LogP contribution in [0.2, 0.25) is 5.02 Å². The lowest BCUT2D eigenvalue weighted by Crippen LogP contribution is -2.33. The van der Waals surface area contributed by atoms with E-state index in [1.54, 1.807) is 4.68 Å². The van der Waals surface area contributed by atoms with Gasteiger partial charge in [-0.2, -0.15) is 5.10 Å². The molecule has 0 spiro atoms. The Morgan fingerprint density at radius 2 is 1.82 bits per heavy atom. The Morgan fingerprint density at radius 1 is 1.29 bits per heavy atom. The molecular weight excluding hydrogens is 240 g/mol. The molecule has 5 heteroatoms. The molecular formula is C12H21ClN2O2. The van der Waals surface area contributed by atoms with Crippen LogP contribution in [0.25, 0.3) is 0 Å². The zero-order valence-corrected chi connectivity index (χ0v) is 11.7. The number of hydrogen-bond donors (Lipinski definition) is 2. The fraction of sp³-hybridized carbons (Fsp3) is 0.750. The number of aromatic nitrogens is 2. The van der Waals surface area contributed by atoms with Gasteiger partial charge in [0.1, 0.15) is 6.10 Å². The summed E-state index contributed by atoms with van der Waals surface area (Å²) in [7, 11) is 0. The number of aliphatic hydroxyl groups is 2. The van der Waals surface area contributed by atoms with Gasteiger partial charge < -0.3 is 10.2 Å². The minimum Gasteiger partial charge on any atom is -0.389 e. The average molecular weight is 261 g/mol. The molecule has 4 nitrogen and oxygen atoms in total. The van der Waals surface area contributed by atoms with Crippen LogP contribution in [-0.4, -0.2) is 26.1 Å². The predicted molar refractivity (Wildman–Crippen MR) is 68.0 cm³/mol. The smallest absolute Gasteiger partial charge is 0.123 e. The summed E-state index contributed by atoms with van der Waals surface area (Å²) in [5.74, 6) is 0. The van der Waals surface area contributed by atoms with Crippen molar-refractivity contribution in [2.45, 2.75) is 52.9 Å².